The number of methoxy groups -OCH3 is 1. The molecule has 0 unspecified atom stereocenters. The van der Waals surface area contributed by atoms with E-state index >= 15 is 0 Å². The van der Waals surface area contributed by atoms with Gasteiger partial charge in [0.1, 0.15) is 5.75 Å². The molecule has 1 aromatic rings. The summed E-state index contributed by atoms with van der Waals surface area (Å²) in [4.78, 5) is 11.9. The summed E-state index contributed by atoms with van der Waals surface area (Å²) in [5.41, 5.74) is 0.678. The summed E-state index contributed by atoms with van der Waals surface area (Å²) in [6.07, 6.45) is 2.13. The van der Waals surface area contributed by atoms with Crippen molar-refractivity contribution in [2.45, 2.75) is 39.2 Å². The number of hydrogen-bond donors (Lipinski definition) is 2. The van der Waals surface area contributed by atoms with Gasteiger partial charge in [-0.1, -0.05) is 25.5 Å². The van der Waals surface area contributed by atoms with Crippen LogP contribution >= 0.6 is 0 Å². The lowest BCUT2D eigenvalue weighted by Crippen LogP contribution is -2.43. The molecule has 0 fully saturated rings. The van der Waals surface area contributed by atoms with E-state index in [4.69, 9.17) is 4.74 Å². The zero-order valence-corrected chi connectivity index (χ0v) is 12.2. The second-order valence-corrected chi connectivity index (χ2v) is 5.24. The maximum Gasteiger partial charge on any atom is 0.238 e. The van der Waals surface area contributed by atoms with Crippen molar-refractivity contribution in [1.82, 2.24) is 5.32 Å². The van der Waals surface area contributed by atoms with Crippen LogP contribution in [0, 0.1) is 0 Å². The van der Waals surface area contributed by atoms with Crippen LogP contribution in [0.3, 0.4) is 0 Å². The largest absolute Gasteiger partial charge is 0.495 e. The van der Waals surface area contributed by atoms with Crippen LogP contribution in [0.25, 0.3) is 0 Å². The van der Waals surface area contributed by atoms with Gasteiger partial charge in [0.15, 0.2) is 0 Å². The van der Waals surface area contributed by atoms with E-state index in [2.05, 4.69) is 31.4 Å². The van der Waals surface area contributed by atoms with Crippen molar-refractivity contribution in [1.29, 1.82) is 0 Å². The third-order valence-corrected chi connectivity index (χ3v) is 2.98. The Kier molecular flexibility index (Phi) is 5.83. The van der Waals surface area contributed by atoms with Gasteiger partial charge in [0.2, 0.25) is 5.91 Å². The summed E-state index contributed by atoms with van der Waals surface area (Å²) in [6, 6.07) is 7.39. The van der Waals surface area contributed by atoms with Gasteiger partial charge in [0, 0.05) is 5.54 Å². The van der Waals surface area contributed by atoms with Gasteiger partial charge >= 0.3 is 0 Å². The lowest BCUT2D eigenvalue weighted by Gasteiger charge is -2.25. The molecule has 0 aromatic heterocycles. The fraction of sp³-hybridized carbons (Fsp3) is 0.533. The Morgan fingerprint density at radius 2 is 2.00 bits per heavy atom. The number of nitrogens with one attached hydrogen (secondary N) is 2. The number of para-hydroxylation sites is 2. The Morgan fingerprint density at radius 3 is 2.63 bits per heavy atom. The van der Waals surface area contributed by atoms with Crippen molar-refractivity contribution in [3.05, 3.63) is 24.3 Å². The molecular weight excluding hydrogens is 240 g/mol. The predicted octanol–water partition coefficient (Wildman–Crippen LogP) is 2.80. The molecule has 1 amide bonds. The molecule has 2 N–H and O–H groups in total. The first-order chi connectivity index (χ1) is 8.98. The molecule has 19 heavy (non-hydrogen) atoms. The van der Waals surface area contributed by atoms with Crippen molar-refractivity contribution in [3.8, 4) is 5.75 Å². The maximum absolute atomic E-state index is 11.9. The highest BCUT2D eigenvalue weighted by molar-refractivity contribution is 5.93. The minimum absolute atomic E-state index is 0.0210. The number of amides is 1. The quantitative estimate of drug-likeness (QED) is 0.796. The summed E-state index contributed by atoms with van der Waals surface area (Å²) in [5.74, 6) is 0.609. The third-order valence-electron chi connectivity index (χ3n) is 2.98. The normalized spacial score (nSPS) is 11.2. The highest BCUT2D eigenvalue weighted by Gasteiger charge is 2.17. The van der Waals surface area contributed by atoms with Crippen molar-refractivity contribution < 1.29 is 9.53 Å². The molecule has 106 valence electrons. The van der Waals surface area contributed by atoms with E-state index in [-0.39, 0.29) is 11.4 Å². The van der Waals surface area contributed by atoms with Gasteiger partial charge < -0.3 is 15.4 Å². The molecule has 0 saturated heterocycles. The molecule has 0 aliphatic rings. The second-order valence-electron chi connectivity index (χ2n) is 5.24. The van der Waals surface area contributed by atoms with Gasteiger partial charge in [-0.15, -0.1) is 0 Å². The summed E-state index contributed by atoms with van der Waals surface area (Å²) >= 11 is 0. The molecule has 0 bridgehead atoms. The van der Waals surface area contributed by atoms with Gasteiger partial charge in [-0.25, -0.2) is 0 Å². The lowest BCUT2D eigenvalue weighted by atomic mass is 9.99. The number of anilines is 1. The molecule has 1 rings (SSSR count). The SMILES string of the molecule is CCCC(C)(C)NCC(=O)Nc1ccccc1OC. The maximum atomic E-state index is 11.9. The van der Waals surface area contributed by atoms with Crippen molar-refractivity contribution in [3.63, 3.8) is 0 Å². The van der Waals surface area contributed by atoms with E-state index in [0.29, 0.717) is 18.0 Å². The Bertz CT molecular complexity index is 416. The third kappa shape index (κ3) is 5.30. The average Bonchev–Trinajstić information content (AvgIpc) is 2.37. The molecule has 4 nitrogen and oxygen atoms in total. The summed E-state index contributed by atoms with van der Waals surface area (Å²) < 4.78 is 5.20. The summed E-state index contributed by atoms with van der Waals surface area (Å²) in [6.45, 7) is 6.64. The Morgan fingerprint density at radius 1 is 1.32 bits per heavy atom. The van der Waals surface area contributed by atoms with Crippen LogP contribution in [-0.4, -0.2) is 25.1 Å². The van der Waals surface area contributed by atoms with Crippen LogP contribution in [-0.2, 0) is 4.79 Å². The molecule has 0 saturated carbocycles. The van der Waals surface area contributed by atoms with Gasteiger partial charge in [-0.05, 0) is 32.4 Å². The topological polar surface area (TPSA) is 50.4 Å². The standard InChI is InChI=1S/C15H24N2O2/c1-5-10-15(2,3)16-11-14(18)17-12-8-6-7-9-13(12)19-4/h6-9,16H,5,10-11H2,1-4H3,(H,17,18). The first-order valence-electron chi connectivity index (χ1n) is 6.66. The zero-order chi connectivity index (χ0) is 14.3. The molecule has 0 atom stereocenters. The molecule has 0 aliphatic heterocycles. The van der Waals surface area contributed by atoms with Gasteiger partial charge in [-0.2, -0.15) is 0 Å². The van der Waals surface area contributed by atoms with E-state index in [9.17, 15) is 4.79 Å². The van der Waals surface area contributed by atoms with Crippen LogP contribution in [0.5, 0.6) is 5.75 Å². The molecular formula is C15H24N2O2. The molecule has 1 aromatic carbocycles. The Balaban J connectivity index is 2.52. The average molecular weight is 264 g/mol. The number of hydrogen-bond acceptors (Lipinski definition) is 3. The van der Waals surface area contributed by atoms with Crippen molar-refractivity contribution >= 4 is 11.6 Å². The first kappa shape index (κ1) is 15.5. The number of carbonyl (C=O) groups is 1. The second kappa shape index (κ2) is 7.14. The molecule has 0 aliphatic carbocycles. The number of carbonyl (C=O) groups excluding carboxylic acids is 1. The fourth-order valence-corrected chi connectivity index (χ4v) is 1.98. The van der Waals surface area contributed by atoms with Gasteiger partial charge in [-0.3, -0.25) is 4.79 Å². The van der Waals surface area contributed by atoms with Crippen molar-refractivity contribution in [2.24, 2.45) is 0 Å². The molecule has 4 heteroatoms. The number of benzene rings is 1. The van der Waals surface area contributed by atoms with Crippen LogP contribution < -0.4 is 15.4 Å². The van der Waals surface area contributed by atoms with Crippen molar-refractivity contribution in [2.75, 3.05) is 19.0 Å². The minimum Gasteiger partial charge on any atom is -0.495 e. The van der Waals surface area contributed by atoms with Gasteiger partial charge in [0.25, 0.3) is 0 Å². The number of ether oxygens (including phenoxy) is 1. The van der Waals surface area contributed by atoms with E-state index < -0.39 is 0 Å². The molecule has 0 radical (unpaired) electrons. The fourth-order valence-electron chi connectivity index (χ4n) is 1.98. The molecule has 0 spiro atoms. The zero-order valence-electron chi connectivity index (χ0n) is 12.2. The predicted molar refractivity (Wildman–Crippen MR) is 78.6 cm³/mol. The van der Waals surface area contributed by atoms with Gasteiger partial charge in [0.05, 0.1) is 19.3 Å². The van der Waals surface area contributed by atoms with Crippen LogP contribution in [0.2, 0.25) is 0 Å². The van der Waals surface area contributed by atoms with E-state index in [1.165, 1.54) is 0 Å². The number of rotatable bonds is 7. The van der Waals surface area contributed by atoms with E-state index in [1.54, 1.807) is 7.11 Å². The van der Waals surface area contributed by atoms with Crippen LogP contribution in [0.1, 0.15) is 33.6 Å². The lowest BCUT2D eigenvalue weighted by molar-refractivity contribution is -0.115. The van der Waals surface area contributed by atoms with Crippen LogP contribution in [0.15, 0.2) is 24.3 Å². The van der Waals surface area contributed by atoms with Crippen LogP contribution in [0.4, 0.5) is 5.69 Å². The summed E-state index contributed by atoms with van der Waals surface area (Å²) in [5, 5.41) is 6.11. The Hall–Kier alpha value is -1.55. The molecule has 0 heterocycles. The highest BCUT2D eigenvalue weighted by Crippen LogP contribution is 2.22. The summed E-state index contributed by atoms with van der Waals surface area (Å²) in [7, 11) is 1.59. The van der Waals surface area contributed by atoms with E-state index in [0.717, 1.165) is 12.8 Å². The highest BCUT2D eigenvalue weighted by atomic mass is 16.5. The van der Waals surface area contributed by atoms with E-state index in [1.807, 2.05) is 24.3 Å². The minimum atomic E-state index is -0.0614. The Labute approximate surface area is 115 Å². The smallest absolute Gasteiger partial charge is 0.238 e. The monoisotopic (exact) mass is 264 g/mol. The first-order valence-corrected chi connectivity index (χ1v) is 6.66.